The van der Waals surface area contributed by atoms with Crippen LogP contribution in [0.5, 0.6) is 0 Å². The van der Waals surface area contributed by atoms with E-state index in [0.717, 1.165) is 32.7 Å². The van der Waals surface area contributed by atoms with Gasteiger partial charge in [0.05, 0.1) is 10.1 Å². The summed E-state index contributed by atoms with van der Waals surface area (Å²) in [6.45, 7) is 2.16. The molecule has 2 aliphatic rings. The second-order valence-corrected chi connectivity index (χ2v) is 7.59. The molecule has 116 valence electrons. The highest BCUT2D eigenvalue weighted by atomic mass is 127. The summed E-state index contributed by atoms with van der Waals surface area (Å²) in [4.78, 5) is 4.84. The summed E-state index contributed by atoms with van der Waals surface area (Å²) in [6.07, 6.45) is 3.11. The first-order valence-corrected chi connectivity index (χ1v) is 9.85. The number of aryl methyl sites for hydroxylation is 1. The lowest BCUT2D eigenvalue weighted by atomic mass is 9.70. The van der Waals surface area contributed by atoms with E-state index in [4.69, 9.17) is 9.73 Å². The van der Waals surface area contributed by atoms with Gasteiger partial charge in [-0.25, -0.2) is 4.99 Å². The van der Waals surface area contributed by atoms with Crippen LogP contribution in [-0.4, -0.2) is 10.3 Å². The van der Waals surface area contributed by atoms with Crippen molar-refractivity contribution in [3.8, 4) is 0 Å². The Morgan fingerprint density at radius 2 is 2.04 bits per heavy atom. The molecular formula is C19H15BrINO. The third-order valence-corrected chi connectivity index (χ3v) is 5.85. The first kappa shape index (κ1) is 15.4. The number of aliphatic imine (C=N–C) groups is 1. The number of benzene rings is 2. The predicted molar refractivity (Wildman–Crippen MR) is 106 cm³/mol. The Hall–Kier alpha value is -1.14. The number of nitrogens with zero attached hydrogens (tertiary/aromatic N) is 1. The van der Waals surface area contributed by atoms with Crippen LogP contribution in [0.1, 0.15) is 23.1 Å². The molecule has 4 heteroatoms. The molecule has 0 fully saturated rings. The number of ether oxygens (including phenoxy) is 1. The van der Waals surface area contributed by atoms with Crippen LogP contribution in [0.3, 0.4) is 0 Å². The summed E-state index contributed by atoms with van der Waals surface area (Å²) < 4.78 is 8.09. The van der Waals surface area contributed by atoms with E-state index in [-0.39, 0.29) is 5.41 Å². The summed E-state index contributed by atoms with van der Waals surface area (Å²) in [5, 5.41) is 0. The number of hydrogen-bond donors (Lipinski definition) is 0. The minimum Gasteiger partial charge on any atom is -0.445 e. The Morgan fingerprint density at radius 3 is 2.83 bits per heavy atom. The van der Waals surface area contributed by atoms with Gasteiger partial charge in [-0.05, 0) is 48.2 Å². The number of alkyl halides is 1. The Balaban J connectivity index is 1.99. The summed E-state index contributed by atoms with van der Waals surface area (Å²) in [5.41, 5.74) is 4.49. The topological polar surface area (TPSA) is 21.6 Å². The maximum absolute atomic E-state index is 6.18. The molecule has 2 nitrogen and oxygen atoms in total. The fourth-order valence-corrected chi connectivity index (χ4v) is 4.34. The van der Waals surface area contributed by atoms with Crippen molar-refractivity contribution in [2.75, 3.05) is 4.43 Å². The molecule has 4 rings (SSSR count). The maximum Gasteiger partial charge on any atom is 0.210 e. The molecule has 0 aromatic heterocycles. The summed E-state index contributed by atoms with van der Waals surface area (Å²) in [6, 6.07) is 14.9. The standard InChI is InChI=1S/C19H15BrINO/c1-12-4-2-3-5-15(12)19-9-8-14(11-21)23-18(19)22-17-10-13(20)6-7-16(17)19/h2-8,10H,9,11H2,1H3. The summed E-state index contributed by atoms with van der Waals surface area (Å²) in [7, 11) is 0. The van der Waals surface area contributed by atoms with Gasteiger partial charge >= 0.3 is 0 Å². The van der Waals surface area contributed by atoms with E-state index < -0.39 is 0 Å². The lowest BCUT2D eigenvalue weighted by Gasteiger charge is -2.35. The van der Waals surface area contributed by atoms with Gasteiger partial charge in [-0.1, -0.05) is 68.9 Å². The lowest BCUT2D eigenvalue weighted by molar-refractivity contribution is 0.359. The SMILES string of the molecule is Cc1ccccc1C12CC=C(CI)OC1=Nc1cc(Br)ccc12. The molecule has 2 heterocycles. The Morgan fingerprint density at radius 1 is 1.22 bits per heavy atom. The minimum atomic E-state index is -0.295. The van der Waals surface area contributed by atoms with Crippen molar-refractivity contribution < 1.29 is 4.74 Å². The fourth-order valence-electron chi connectivity index (χ4n) is 3.52. The van der Waals surface area contributed by atoms with Crippen LogP contribution in [0.2, 0.25) is 0 Å². The molecule has 0 amide bonds. The van der Waals surface area contributed by atoms with Crippen LogP contribution in [-0.2, 0) is 10.2 Å². The molecule has 2 aliphatic heterocycles. The molecular weight excluding hydrogens is 465 g/mol. The molecule has 2 aromatic carbocycles. The van der Waals surface area contributed by atoms with E-state index in [1.807, 2.05) is 0 Å². The zero-order valence-electron chi connectivity index (χ0n) is 12.6. The molecule has 0 N–H and O–H groups in total. The average Bonchev–Trinajstić information content (AvgIpc) is 2.88. The minimum absolute atomic E-state index is 0.295. The van der Waals surface area contributed by atoms with Gasteiger partial charge in [0.15, 0.2) is 0 Å². The third kappa shape index (κ3) is 2.30. The molecule has 0 bridgehead atoms. The Labute approximate surface area is 157 Å². The number of fused-ring (bicyclic) bond motifs is 3. The first-order chi connectivity index (χ1) is 11.1. The van der Waals surface area contributed by atoms with Crippen molar-refractivity contribution in [3.63, 3.8) is 0 Å². The quantitative estimate of drug-likeness (QED) is 0.392. The Kier molecular flexibility index (Phi) is 3.84. The summed E-state index contributed by atoms with van der Waals surface area (Å²) in [5.74, 6) is 1.81. The van der Waals surface area contributed by atoms with Crippen LogP contribution < -0.4 is 0 Å². The zero-order valence-corrected chi connectivity index (χ0v) is 16.4. The second kappa shape index (κ2) is 5.74. The highest BCUT2D eigenvalue weighted by molar-refractivity contribution is 14.1. The van der Waals surface area contributed by atoms with Gasteiger partial charge in [-0.3, -0.25) is 0 Å². The van der Waals surface area contributed by atoms with Crippen LogP contribution >= 0.6 is 38.5 Å². The van der Waals surface area contributed by atoms with Crippen LogP contribution in [0.25, 0.3) is 0 Å². The maximum atomic E-state index is 6.18. The van der Waals surface area contributed by atoms with Crippen LogP contribution in [0.4, 0.5) is 5.69 Å². The van der Waals surface area contributed by atoms with E-state index in [1.54, 1.807) is 0 Å². The van der Waals surface area contributed by atoms with Crippen molar-refractivity contribution in [1.82, 2.24) is 0 Å². The van der Waals surface area contributed by atoms with E-state index in [2.05, 4.69) is 94.0 Å². The molecule has 23 heavy (non-hydrogen) atoms. The molecule has 0 radical (unpaired) electrons. The number of hydrogen-bond acceptors (Lipinski definition) is 2. The van der Waals surface area contributed by atoms with Gasteiger partial charge in [0.1, 0.15) is 11.2 Å². The van der Waals surface area contributed by atoms with Crippen molar-refractivity contribution in [2.45, 2.75) is 18.8 Å². The van der Waals surface area contributed by atoms with E-state index in [9.17, 15) is 0 Å². The number of allylic oxidation sites excluding steroid dienone is 2. The van der Waals surface area contributed by atoms with Gasteiger partial charge in [0, 0.05) is 4.47 Å². The fraction of sp³-hybridized carbons (Fsp3) is 0.211. The number of halogens is 2. The molecule has 0 saturated carbocycles. The van der Waals surface area contributed by atoms with Gasteiger partial charge in [-0.2, -0.15) is 0 Å². The lowest BCUT2D eigenvalue weighted by Crippen LogP contribution is -2.39. The van der Waals surface area contributed by atoms with Crippen molar-refractivity contribution in [1.29, 1.82) is 0 Å². The van der Waals surface area contributed by atoms with E-state index in [0.29, 0.717) is 0 Å². The molecule has 0 spiro atoms. The second-order valence-electron chi connectivity index (χ2n) is 5.91. The highest BCUT2D eigenvalue weighted by Crippen LogP contribution is 2.51. The molecule has 2 aromatic rings. The third-order valence-electron chi connectivity index (χ3n) is 4.61. The van der Waals surface area contributed by atoms with Gasteiger partial charge in [0.2, 0.25) is 5.90 Å². The predicted octanol–water partition coefficient (Wildman–Crippen LogP) is 5.83. The highest BCUT2D eigenvalue weighted by Gasteiger charge is 2.49. The molecule has 1 unspecified atom stereocenters. The van der Waals surface area contributed by atoms with Gasteiger partial charge in [-0.15, -0.1) is 0 Å². The molecule has 0 aliphatic carbocycles. The first-order valence-electron chi connectivity index (χ1n) is 7.53. The summed E-state index contributed by atoms with van der Waals surface area (Å²) >= 11 is 5.89. The van der Waals surface area contributed by atoms with E-state index >= 15 is 0 Å². The van der Waals surface area contributed by atoms with Gasteiger partial charge in [0.25, 0.3) is 0 Å². The molecule has 0 saturated heterocycles. The number of rotatable bonds is 2. The van der Waals surface area contributed by atoms with E-state index in [1.165, 1.54) is 16.7 Å². The molecule has 1 atom stereocenters. The monoisotopic (exact) mass is 479 g/mol. The van der Waals surface area contributed by atoms with Crippen molar-refractivity contribution >= 4 is 50.1 Å². The smallest absolute Gasteiger partial charge is 0.210 e. The van der Waals surface area contributed by atoms with Crippen molar-refractivity contribution in [2.24, 2.45) is 4.99 Å². The van der Waals surface area contributed by atoms with Crippen molar-refractivity contribution in [3.05, 3.63) is 75.5 Å². The zero-order chi connectivity index (χ0) is 16.0. The Bertz CT molecular complexity index is 858. The largest absolute Gasteiger partial charge is 0.445 e. The van der Waals surface area contributed by atoms with Gasteiger partial charge < -0.3 is 4.74 Å². The van der Waals surface area contributed by atoms with Crippen LogP contribution in [0, 0.1) is 6.92 Å². The normalized spacial score (nSPS) is 21.9. The average molecular weight is 480 g/mol. The van der Waals surface area contributed by atoms with Crippen LogP contribution in [0.15, 0.2) is 63.8 Å².